The van der Waals surface area contributed by atoms with Gasteiger partial charge in [-0.3, -0.25) is 9.78 Å². The van der Waals surface area contributed by atoms with Crippen LogP contribution in [-0.4, -0.2) is 16.0 Å². The molecule has 140 valence electrons. The highest BCUT2D eigenvalue weighted by atomic mass is 19.4. The van der Waals surface area contributed by atoms with Crippen LogP contribution in [-0.2, 0) is 12.7 Å². The fraction of sp³-hybridized carbons (Fsp3) is 0.211. The predicted molar refractivity (Wildman–Crippen MR) is 91.8 cm³/mol. The molecule has 1 amide bonds. The summed E-state index contributed by atoms with van der Waals surface area (Å²) >= 11 is 0. The summed E-state index contributed by atoms with van der Waals surface area (Å²) in [6.45, 7) is 3.51. The lowest BCUT2D eigenvalue weighted by Crippen LogP contribution is -2.23. The Morgan fingerprint density at radius 3 is 2.63 bits per heavy atom. The minimum absolute atomic E-state index is 0.0295. The number of aryl methyl sites for hydroxylation is 2. The van der Waals surface area contributed by atoms with Crippen molar-refractivity contribution in [1.82, 2.24) is 15.5 Å². The molecule has 0 saturated carbocycles. The van der Waals surface area contributed by atoms with E-state index in [0.717, 1.165) is 17.7 Å². The average Bonchev–Trinajstić information content (AvgIpc) is 2.98. The van der Waals surface area contributed by atoms with Crippen LogP contribution >= 0.6 is 0 Å². The fourth-order valence-corrected chi connectivity index (χ4v) is 2.74. The lowest BCUT2D eigenvalue weighted by Gasteiger charge is -2.10. The molecular formula is C19H16F3N3O2. The SMILES string of the molecule is Cc1noc(C)c1-c1cncc(C(=O)NCc2cccc(C(F)(F)F)c2)c1. The van der Waals surface area contributed by atoms with Crippen molar-refractivity contribution in [3.05, 3.63) is 70.9 Å². The van der Waals surface area contributed by atoms with Crippen LogP contribution < -0.4 is 5.32 Å². The van der Waals surface area contributed by atoms with E-state index >= 15 is 0 Å². The Kier molecular flexibility index (Phi) is 4.98. The molecule has 1 aromatic carbocycles. The van der Waals surface area contributed by atoms with Crippen LogP contribution in [0.1, 0.15) is 32.9 Å². The molecule has 0 aliphatic carbocycles. The van der Waals surface area contributed by atoms with Gasteiger partial charge in [0.05, 0.1) is 16.8 Å². The van der Waals surface area contributed by atoms with Crippen LogP contribution in [0.3, 0.4) is 0 Å². The van der Waals surface area contributed by atoms with Gasteiger partial charge in [0, 0.05) is 30.1 Å². The molecule has 27 heavy (non-hydrogen) atoms. The Labute approximate surface area is 153 Å². The number of alkyl halides is 3. The molecule has 0 atom stereocenters. The van der Waals surface area contributed by atoms with Gasteiger partial charge in [-0.25, -0.2) is 0 Å². The highest BCUT2D eigenvalue weighted by Crippen LogP contribution is 2.29. The minimum Gasteiger partial charge on any atom is -0.361 e. The third kappa shape index (κ3) is 4.16. The van der Waals surface area contributed by atoms with E-state index in [-0.39, 0.29) is 6.54 Å². The fourth-order valence-electron chi connectivity index (χ4n) is 2.74. The van der Waals surface area contributed by atoms with Gasteiger partial charge in [0.1, 0.15) is 5.76 Å². The van der Waals surface area contributed by atoms with Crippen LogP contribution in [0.25, 0.3) is 11.1 Å². The summed E-state index contributed by atoms with van der Waals surface area (Å²) < 4.78 is 43.4. The molecule has 0 saturated heterocycles. The van der Waals surface area contributed by atoms with Crippen molar-refractivity contribution >= 4 is 5.91 Å². The molecule has 0 fully saturated rings. The smallest absolute Gasteiger partial charge is 0.361 e. The quantitative estimate of drug-likeness (QED) is 0.738. The monoisotopic (exact) mass is 375 g/mol. The molecule has 0 spiro atoms. The second-order valence-electron chi connectivity index (χ2n) is 6.04. The Morgan fingerprint density at radius 2 is 1.96 bits per heavy atom. The molecule has 3 aromatic rings. The Bertz CT molecular complexity index is 961. The second-order valence-corrected chi connectivity index (χ2v) is 6.04. The molecule has 0 aliphatic rings. The van der Waals surface area contributed by atoms with E-state index in [0.29, 0.717) is 28.1 Å². The number of pyridine rings is 1. The van der Waals surface area contributed by atoms with E-state index in [1.807, 2.05) is 0 Å². The van der Waals surface area contributed by atoms with E-state index in [2.05, 4.69) is 15.5 Å². The molecule has 0 aliphatic heterocycles. The van der Waals surface area contributed by atoms with Gasteiger partial charge in [-0.1, -0.05) is 17.3 Å². The van der Waals surface area contributed by atoms with Crippen molar-refractivity contribution in [2.24, 2.45) is 0 Å². The first-order valence-electron chi connectivity index (χ1n) is 8.08. The number of hydrogen-bond donors (Lipinski definition) is 1. The lowest BCUT2D eigenvalue weighted by atomic mass is 10.0. The maximum Gasteiger partial charge on any atom is 0.416 e. The molecule has 0 unspecified atom stereocenters. The van der Waals surface area contributed by atoms with Crippen molar-refractivity contribution in [3.63, 3.8) is 0 Å². The van der Waals surface area contributed by atoms with Gasteiger partial charge in [0.25, 0.3) is 5.91 Å². The normalized spacial score (nSPS) is 11.4. The molecule has 2 heterocycles. The van der Waals surface area contributed by atoms with E-state index in [4.69, 9.17) is 4.52 Å². The second kappa shape index (κ2) is 7.22. The zero-order chi connectivity index (χ0) is 19.6. The molecule has 3 rings (SSSR count). The zero-order valence-electron chi connectivity index (χ0n) is 14.6. The third-order valence-electron chi connectivity index (χ3n) is 4.03. The van der Waals surface area contributed by atoms with Gasteiger partial charge in [0.2, 0.25) is 0 Å². The van der Waals surface area contributed by atoms with Gasteiger partial charge in [0.15, 0.2) is 0 Å². The summed E-state index contributed by atoms with van der Waals surface area (Å²) in [5.74, 6) is 0.171. The number of hydrogen-bond acceptors (Lipinski definition) is 4. The summed E-state index contributed by atoms with van der Waals surface area (Å²) in [4.78, 5) is 16.4. The number of carbonyl (C=O) groups is 1. The summed E-state index contributed by atoms with van der Waals surface area (Å²) in [7, 11) is 0. The van der Waals surface area contributed by atoms with Crippen LogP contribution in [0.5, 0.6) is 0 Å². The predicted octanol–water partition coefficient (Wildman–Crippen LogP) is 4.30. The highest BCUT2D eigenvalue weighted by molar-refractivity contribution is 5.95. The summed E-state index contributed by atoms with van der Waals surface area (Å²) in [5.41, 5.74) is 2.01. The number of amides is 1. The van der Waals surface area contributed by atoms with Crippen molar-refractivity contribution in [3.8, 4) is 11.1 Å². The molecule has 2 aromatic heterocycles. The standard InChI is InChI=1S/C19H16F3N3O2/c1-11-17(12(2)27-25-11)14-7-15(10-23-9-14)18(26)24-8-13-4-3-5-16(6-13)19(20,21)22/h3-7,9-10H,8H2,1-2H3,(H,24,26). The van der Waals surface area contributed by atoms with Gasteiger partial charge >= 0.3 is 6.18 Å². The number of rotatable bonds is 4. The van der Waals surface area contributed by atoms with Gasteiger partial charge in [-0.15, -0.1) is 0 Å². The third-order valence-corrected chi connectivity index (χ3v) is 4.03. The molecule has 1 N–H and O–H groups in total. The highest BCUT2D eigenvalue weighted by Gasteiger charge is 2.30. The van der Waals surface area contributed by atoms with Gasteiger partial charge < -0.3 is 9.84 Å². The van der Waals surface area contributed by atoms with E-state index in [1.165, 1.54) is 18.3 Å². The van der Waals surface area contributed by atoms with Crippen LogP contribution in [0.4, 0.5) is 13.2 Å². The van der Waals surface area contributed by atoms with E-state index in [1.54, 1.807) is 26.1 Å². The van der Waals surface area contributed by atoms with Crippen molar-refractivity contribution < 1.29 is 22.5 Å². The van der Waals surface area contributed by atoms with Crippen molar-refractivity contribution in [2.45, 2.75) is 26.6 Å². The largest absolute Gasteiger partial charge is 0.416 e. The first kappa shape index (κ1) is 18.6. The van der Waals surface area contributed by atoms with E-state index < -0.39 is 17.6 Å². The lowest BCUT2D eigenvalue weighted by molar-refractivity contribution is -0.137. The number of benzene rings is 1. The van der Waals surface area contributed by atoms with Crippen LogP contribution in [0, 0.1) is 13.8 Å². The molecule has 0 bridgehead atoms. The van der Waals surface area contributed by atoms with E-state index in [9.17, 15) is 18.0 Å². The summed E-state index contributed by atoms with van der Waals surface area (Å²) in [6, 6.07) is 6.47. The topological polar surface area (TPSA) is 68.0 Å². The Morgan fingerprint density at radius 1 is 1.19 bits per heavy atom. The maximum atomic E-state index is 12.8. The number of nitrogens with zero attached hydrogens (tertiary/aromatic N) is 2. The first-order valence-corrected chi connectivity index (χ1v) is 8.08. The molecule has 8 heteroatoms. The number of nitrogens with one attached hydrogen (secondary N) is 1. The summed E-state index contributed by atoms with van der Waals surface area (Å²) in [5, 5.41) is 6.49. The van der Waals surface area contributed by atoms with Gasteiger partial charge in [-0.05, 0) is 37.6 Å². The Hall–Kier alpha value is -3.16. The minimum atomic E-state index is -4.42. The number of carbonyl (C=O) groups excluding carboxylic acids is 1. The molecular weight excluding hydrogens is 359 g/mol. The average molecular weight is 375 g/mol. The number of halogens is 3. The summed E-state index contributed by atoms with van der Waals surface area (Å²) in [6.07, 6.45) is -1.44. The molecule has 5 nitrogen and oxygen atoms in total. The number of aromatic nitrogens is 2. The van der Waals surface area contributed by atoms with Crippen LogP contribution in [0.15, 0.2) is 47.2 Å². The van der Waals surface area contributed by atoms with Crippen molar-refractivity contribution in [2.75, 3.05) is 0 Å². The van der Waals surface area contributed by atoms with Crippen LogP contribution in [0.2, 0.25) is 0 Å². The molecule has 0 radical (unpaired) electrons. The maximum absolute atomic E-state index is 12.8. The Balaban J connectivity index is 1.75. The van der Waals surface area contributed by atoms with Crippen molar-refractivity contribution in [1.29, 1.82) is 0 Å². The zero-order valence-corrected chi connectivity index (χ0v) is 14.6. The van der Waals surface area contributed by atoms with Gasteiger partial charge in [-0.2, -0.15) is 13.2 Å². The first-order chi connectivity index (χ1) is 12.8.